The highest BCUT2D eigenvalue weighted by atomic mass is 19.1. The summed E-state index contributed by atoms with van der Waals surface area (Å²) in [6.07, 6.45) is 2.02. The predicted molar refractivity (Wildman–Crippen MR) is 110 cm³/mol. The zero-order chi connectivity index (χ0) is 20.4. The Kier molecular flexibility index (Phi) is 5.90. The van der Waals surface area contributed by atoms with Crippen molar-refractivity contribution >= 4 is 5.91 Å². The molecule has 1 aliphatic rings. The van der Waals surface area contributed by atoms with Crippen molar-refractivity contribution in [1.29, 1.82) is 0 Å². The summed E-state index contributed by atoms with van der Waals surface area (Å²) >= 11 is 0. The van der Waals surface area contributed by atoms with Crippen LogP contribution in [0.1, 0.15) is 55.1 Å². The fourth-order valence-corrected chi connectivity index (χ4v) is 4.05. The number of aliphatic hydroxyl groups is 1. The van der Waals surface area contributed by atoms with E-state index in [2.05, 4.69) is 20.8 Å². The number of carbonyl (C=O) groups is 1. The SMILES string of the molecule is CC(C)(C)c1ccc(C(=O)N2CCC[C@](CO)(Cc3ccccc3F)C2)cc1. The topological polar surface area (TPSA) is 40.5 Å². The Morgan fingerprint density at radius 2 is 1.82 bits per heavy atom. The average molecular weight is 384 g/mol. The van der Waals surface area contributed by atoms with Crippen molar-refractivity contribution in [1.82, 2.24) is 4.90 Å². The van der Waals surface area contributed by atoms with Crippen LogP contribution in [0.15, 0.2) is 48.5 Å². The number of amides is 1. The minimum Gasteiger partial charge on any atom is -0.396 e. The molecule has 0 unspecified atom stereocenters. The van der Waals surface area contributed by atoms with E-state index in [0.29, 0.717) is 30.6 Å². The molecule has 1 fully saturated rings. The fourth-order valence-electron chi connectivity index (χ4n) is 4.05. The zero-order valence-corrected chi connectivity index (χ0v) is 17.0. The van der Waals surface area contributed by atoms with Crippen molar-refractivity contribution in [3.63, 3.8) is 0 Å². The Balaban J connectivity index is 1.77. The second kappa shape index (κ2) is 8.04. The van der Waals surface area contributed by atoms with Crippen LogP contribution in [-0.2, 0) is 11.8 Å². The average Bonchev–Trinajstić information content (AvgIpc) is 2.69. The summed E-state index contributed by atoms with van der Waals surface area (Å²) in [6, 6.07) is 14.5. The van der Waals surface area contributed by atoms with E-state index in [1.54, 1.807) is 12.1 Å². The molecule has 3 nitrogen and oxygen atoms in total. The summed E-state index contributed by atoms with van der Waals surface area (Å²) in [5.74, 6) is -0.275. The van der Waals surface area contributed by atoms with Gasteiger partial charge in [0.15, 0.2) is 0 Å². The van der Waals surface area contributed by atoms with Gasteiger partial charge in [0, 0.05) is 24.1 Å². The molecule has 1 N–H and O–H groups in total. The fraction of sp³-hybridized carbons (Fsp3) is 0.458. The Labute approximate surface area is 167 Å². The molecule has 0 radical (unpaired) electrons. The van der Waals surface area contributed by atoms with Crippen molar-refractivity contribution in [3.05, 3.63) is 71.0 Å². The summed E-state index contributed by atoms with van der Waals surface area (Å²) < 4.78 is 14.1. The van der Waals surface area contributed by atoms with E-state index in [-0.39, 0.29) is 23.7 Å². The molecular weight excluding hydrogens is 353 g/mol. The number of rotatable bonds is 4. The molecule has 0 aromatic heterocycles. The number of benzene rings is 2. The van der Waals surface area contributed by atoms with Crippen LogP contribution in [0.2, 0.25) is 0 Å². The number of likely N-dealkylation sites (tertiary alicyclic amines) is 1. The Morgan fingerprint density at radius 1 is 1.14 bits per heavy atom. The summed E-state index contributed by atoms with van der Waals surface area (Å²) in [5, 5.41) is 10.1. The number of halogens is 1. The maximum Gasteiger partial charge on any atom is 0.253 e. The molecule has 1 amide bonds. The van der Waals surface area contributed by atoms with Crippen molar-refractivity contribution in [2.75, 3.05) is 19.7 Å². The van der Waals surface area contributed by atoms with Gasteiger partial charge in [-0.15, -0.1) is 0 Å². The van der Waals surface area contributed by atoms with Gasteiger partial charge in [-0.2, -0.15) is 0 Å². The molecule has 28 heavy (non-hydrogen) atoms. The van der Waals surface area contributed by atoms with Crippen LogP contribution in [0, 0.1) is 11.2 Å². The number of carbonyl (C=O) groups excluding carboxylic acids is 1. The second-order valence-corrected chi connectivity index (χ2v) is 9.08. The highest BCUT2D eigenvalue weighted by Crippen LogP contribution is 2.35. The third-order valence-corrected chi connectivity index (χ3v) is 5.81. The van der Waals surface area contributed by atoms with Crippen molar-refractivity contribution < 1.29 is 14.3 Å². The lowest BCUT2D eigenvalue weighted by atomic mass is 9.75. The van der Waals surface area contributed by atoms with E-state index >= 15 is 0 Å². The monoisotopic (exact) mass is 383 g/mol. The van der Waals surface area contributed by atoms with E-state index in [9.17, 15) is 14.3 Å². The van der Waals surface area contributed by atoms with Gasteiger partial charge in [-0.05, 0) is 54.0 Å². The Bertz CT molecular complexity index is 825. The summed E-state index contributed by atoms with van der Waals surface area (Å²) in [5.41, 5.74) is 1.99. The number of hydrogen-bond donors (Lipinski definition) is 1. The third kappa shape index (κ3) is 4.44. The van der Waals surface area contributed by atoms with Gasteiger partial charge in [0.25, 0.3) is 5.91 Å². The number of piperidine rings is 1. The molecule has 3 rings (SSSR count). The van der Waals surface area contributed by atoms with E-state index in [4.69, 9.17) is 0 Å². The van der Waals surface area contributed by atoms with Gasteiger partial charge in [0.05, 0.1) is 6.61 Å². The minimum absolute atomic E-state index is 0.0217. The van der Waals surface area contributed by atoms with Gasteiger partial charge < -0.3 is 10.0 Å². The molecule has 1 aliphatic heterocycles. The van der Waals surface area contributed by atoms with Gasteiger partial charge in [-0.3, -0.25) is 4.79 Å². The Morgan fingerprint density at radius 3 is 2.43 bits per heavy atom. The lowest BCUT2D eigenvalue weighted by Crippen LogP contribution is -2.49. The highest BCUT2D eigenvalue weighted by molar-refractivity contribution is 5.94. The molecule has 2 aromatic carbocycles. The van der Waals surface area contributed by atoms with Crippen LogP contribution in [0.3, 0.4) is 0 Å². The minimum atomic E-state index is -0.499. The first kappa shape index (κ1) is 20.5. The number of aliphatic hydroxyl groups excluding tert-OH is 1. The first-order valence-corrected chi connectivity index (χ1v) is 9.98. The molecule has 1 heterocycles. The van der Waals surface area contributed by atoms with Crippen LogP contribution >= 0.6 is 0 Å². The largest absolute Gasteiger partial charge is 0.396 e. The van der Waals surface area contributed by atoms with Gasteiger partial charge in [-0.1, -0.05) is 51.1 Å². The van der Waals surface area contributed by atoms with Crippen LogP contribution in [-0.4, -0.2) is 35.6 Å². The lowest BCUT2D eigenvalue weighted by molar-refractivity contribution is 0.0268. The molecule has 2 aromatic rings. The molecule has 4 heteroatoms. The molecular formula is C24H30FNO2. The van der Waals surface area contributed by atoms with E-state index in [0.717, 1.165) is 12.8 Å². The molecule has 1 saturated heterocycles. The summed E-state index contributed by atoms with van der Waals surface area (Å²) in [6.45, 7) is 7.48. The van der Waals surface area contributed by atoms with Crippen molar-refractivity contribution in [2.24, 2.45) is 5.41 Å². The van der Waals surface area contributed by atoms with Gasteiger partial charge in [0.1, 0.15) is 5.82 Å². The first-order chi connectivity index (χ1) is 13.2. The van der Waals surface area contributed by atoms with E-state index in [1.807, 2.05) is 35.2 Å². The molecule has 0 saturated carbocycles. The lowest BCUT2D eigenvalue weighted by Gasteiger charge is -2.42. The summed E-state index contributed by atoms with van der Waals surface area (Å²) in [7, 11) is 0. The molecule has 1 atom stereocenters. The molecule has 0 spiro atoms. The van der Waals surface area contributed by atoms with Gasteiger partial charge in [0.2, 0.25) is 0 Å². The standard InChI is InChI=1S/C24H30FNO2/c1-23(2,3)20-11-9-18(10-12-20)22(28)26-14-6-13-24(16-26,17-27)15-19-7-4-5-8-21(19)25/h4-5,7-12,27H,6,13-17H2,1-3H3/t24-/m0/s1. The van der Waals surface area contributed by atoms with Crippen molar-refractivity contribution in [3.8, 4) is 0 Å². The smallest absolute Gasteiger partial charge is 0.253 e. The molecule has 0 aliphatic carbocycles. The first-order valence-electron chi connectivity index (χ1n) is 9.98. The zero-order valence-electron chi connectivity index (χ0n) is 17.0. The quantitative estimate of drug-likeness (QED) is 0.839. The maximum atomic E-state index is 14.1. The summed E-state index contributed by atoms with van der Waals surface area (Å²) in [4.78, 5) is 14.9. The predicted octanol–water partition coefficient (Wildman–Crippen LogP) is 4.58. The normalized spacial score (nSPS) is 20.2. The highest BCUT2D eigenvalue weighted by Gasteiger charge is 2.37. The maximum absolute atomic E-state index is 14.1. The van der Waals surface area contributed by atoms with Crippen LogP contribution < -0.4 is 0 Å². The molecule has 150 valence electrons. The Hall–Kier alpha value is -2.20. The number of hydrogen-bond acceptors (Lipinski definition) is 2. The van der Waals surface area contributed by atoms with Crippen molar-refractivity contribution in [2.45, 2.75) is 45.4 Å². The second-order valence-electron chi connectivity index (χ2n) is 9.08. The third-order valence-electron chi connectivity index (χ3n) is 5.81. The van der Waals surface area contributed by atoms with E-state index < -0.39 is 5.41 Å². The van der Waals surface area contributed by atoms with E-state index in [1.165, 1.54) is 11.6 Å². The number of nitrogens with zero attached hydrogens (tertiary/aromatic N) is 1. The molecule has 0 bridgehead atoms. The van der Waals surface area contributed by atoms with Gasteiger partial charge in [-0.25, -0.2) is 4.39 Å². The van der Waals surface area contributed by atoms with Crippen LogP contribution in [0.4, 0.5) is 4.39 Å². The van der Waals surface area contributed by atoms with Crippen LogP contribution in [0.5, 0.6) is 0 Å². The van der Waals surface area contributed by atoms with Crippen LogP contribution in [0.25, 0.3) is 0 Å². The van der Waals surface area contributed by atoms with Gasteiger partial charge >= 0.3 is 0 Å².